The first-order chi connectivity index (χ1) is 13.2. The molecule has 3 rings (SSSR count). The van der Waals surface area contributed by atoms with Crippen molar-refractivity contribution < 1.29 is 22.3 Å². The average Bonchev–Trinajstić information content (AvgIpc) is 3.02. The van der Waals surface area contributed by atoms with Crippen LogP contribution in [-0.4, -0.2) is 42.9 Å². The summed E-state index contributed by atoms with van der Waals surface area (Å²) in [5.41, 5.74) is 0.844. The van der Waals surface area contributed by atoms with Gasteiger partial charge in [0.05, 0.1) is 11.5 Å². The van der Waals surface area contributed by atoms with Crippen LogP contribution in [0.4, 0.5) is 4.39 Å². The van der Waals surface area contributed by atoms with Crippen molar-refractivity contribution >= 4 is 27.3 Å². The minimum absolute atomic E-state index is 0.0599. The highest BCUT2D eigenvalue weighted by Crippen LogP contribution is 2.23. The summed E-state index contributed by atoms with van der Waals surface area (Å²) in [6.07, 6.45) is -0.452. The molecule has 0 aliphatic carbocycles. The molecule has 1 aliphatic rings. The van der Waals surface area contributed by atoms with E-state index in [0.717, 1.165) is 5.56 Å². The summed E-state index contributed by atoms with van der Waals surface area (Å²) in [6.45, 7) is 1.86. The maximum absolute atomic E-state index is 13.1. The van der Waals surface area contributed by atoms with Crippen molar-refractivity contribution in [2.45, 2.75) is 32.0 Å². The molecule has 28 heavy (non-hydrogen) atoms. The van der Waals surface area contributed by atoms with E-state index in [1.165, 1.54) is 24.3 Å². The summed E-state index contributed by atoms with van der Waals surface area (Å²) in [7, 11) is -3.16. The largest absolute Gasteiger partial charge is 0.481 e. The second-order valence-electron chi connectivity index (χ2n) is 6.86. The zero-order valence-corrected chi connectivity index (χ0v) is 16.9. The van der Waals surface area contributed by atoms with E-state index in [0.29, 0.717) is 17.2 Å². The number of hydrogen-bond acceptors (Lipinski definition) is 4. The monoisotopic (exact) mass is 425 g/mol. The standard InChI is InChI=1S/C20H21ClFNO4S/c1-14(27-19-8-6-17(22)7-9-19)20(24)23(18-10-11-28(25,26)13-18)12-15-2-4-16(21)5-3-15/h2-9,14,18H,10-13H2,1H3. The third-order valence-corrected chi connectivity index (χ3v) is 6.68. The summed E-state index contributed by atoms with van der Waals surface area (Å²) >= 11 is 5.92. The van der Waals surface area contributed by atoms with E-state index in [4.69, 9.17) is 16.3 Å². The maximum atomic E-state index is 13.1. The highest BCUT2D eigenvalue weighted by molar-refractivity contribution is 7.91. The molecule has 1 heterocycles. The van der Waals surface area contributed by atoms with Gasteiger partial charge in [0.25, 0.3) is 5.91 Å². The molecular formula is C20H21ClFNO4S. The van der Waals surface area contributed by atoms with Crippen LogP contribution < -0.4 is 4.74 Å². The fourth-order valence-electron chi connectivity index (χ4n) is 3.20. The highest BCUT2D eigenvalue weighted by atomic mass is 35.5. The van der Waals surface area contributed by atoms with Gasteiger partial charge < -0.3 is 9.64 Å². The summed E-state index contributed by atoms with van der Waals surface area (Å²) in [5, 5.41) is 0.582. The molecule has 1 fully saturated rings. The van der Waals surface area contributed by atoms with Crippen molar-refractivity contribution in [2.75, 3.05) is 11.5 Å². The van der Waals surface area contributed by atoms with Crippen molar-refractivity contribution in [3.8, 4) is 5.75 Å². The van der Waals surface area contributed by atoms with Gasteiger partial charge in [-0.15, -0.1) is 0 Å². The minimum Gasteiger partial charge on any atom is -0.481 e. The van der Waals surface area contributed by atoms with Gasteiger partial charge in [-0.1, -0.05) is 23.7 Å². The van der Waals surface area contributed by atoms with Crippen LogP contribution in [0, 0.1) is 5.82 Å². The quantitative estimate of drug-likeness (QED) is 0.711. The topological polar surface area (TPSA) is 63.7 Å². The Hall–Kier alpha value is -2.12. The molecule has 2 aromatic rings. The van der Waals surface area contributed by atoms with Gasteiger partial charge in [0.15, 0.2) is 15.9 Å². The highest BCUT2D eigenvalue weighted by Gasteiger charge is 2.36. The Morgan fingerprint density at radius 2 is 1.86 bits per heavy atom. The van der Waals surface area contributed by atoms with Crippen LogP contribution in [0.25, 0.3) is 0 Å². The van der Waals surface area contributed by atoms with E-state index in [9.17, 15) is 17.6 Å². The smallest absolute Gasteiger partial charge is 0.263 e. The molecule has 150 valence electrons. The van der Waals surface area contributed by atoms with Crippen molar-refractivity contribution in [1.29, 1.82) is 0 Å². The fraction of sp³-hybridized carbons (Fsp3) is 0.350. The van der Waals surface area contributed by atoms with Gasteiger partial charge >= 0.3 is 0 Å². The van der Waals surface area contributed by atoms with Crippen LogP contribution in [0.2, 0.25) is 5.02 Å². The molecule has 2 aromatic carbocycles. The van der Waals surface area contributed by atoms with Gasteiger partial charge in [-0.2, -0.15) is 0 Å². The first kappa shape index (κ1) is 20.6. The van der Waals surface area contributed by atoms with Gasteiger partial charge in [0.2, 0.25) is 0 Å². The molecule has 1 amide bonds. The summed E-state index contributed by atoms with van der Waals surface area (Å²) in [5.74, 6) is -0.342. The molecule has 2 unspecified atom stereocenters. The van der Waals surface area contributed by atoms with Gasteiger partial charge in [0, 0.05) is 17.6 Å². The van der Waals surface area contributed by atoms with Crippen LogP contribution in [0.15, 0.2) is 48.5 Å². The molecule has 2 atom stereocenters. The van der Waals surface area contributed by atoms with Gasteiger partial charge in [0.1, 0.15) is 11.6 Å². The zero-order valence-electron chi connectivity index (χ0n) is 15.3. The first-order valence-corrected chi connectivity index (χ1v) is 11.1. The van der Waals surface area contributed by atoms with Crippen LogP contribution in [-0.2, 0) is 21.2 Å². The number of amides is 1. The van der Waals surface area contributed by atoms with Crippen molar-refractivity contribution in [3.63, 3.8) is 0 Å². The number of sulfone groups is 1. The molecule has 0 N–H and O–H groups in total. The lowest BCUT2D eigenvalue weighted by Crippen LogP contribution is -2.46. The predicted molar refractivity (Wildman–Crippen MR) is 106 cm³/mol. The normalized spacial score (nSPS) is 19.2. The number of rotatable bonds is 6. The number of nitrogens with zero attached hydrogens (tertiary/aromatic N) is 1. The van der Waals surface area contributed by atoms with Crippen molar-refractivity contribution in [3.05, 3.63) is 64.9 Å². The summed E-state index contributed by atoms with van der Waals surface area (Å²) < 4.78 is 42.6. The Balaban J connectivity index is 1.79. The van der Waals surface area contributed by atoms with E-state index in [2.05, 4.69) is 0 Å². The Morgan fingerprint density at radius 1 is 1.21 bits per heavy atom. The van der Waals surface area contributed by atoms with Crippen LogP contribution >= 0.6 is 11.6 Å². The fourth-order valence-corrected chi connectivity index (χ4v) is 5.05. The molecular weight excluding hydrogens is 405 g/mol. The molecule has 8 heteroatoms. The Morgan fingerprint density at radius 3 is 2.43 bits per heavy atom. The summed E-state index contributed by atoms with van der Waals surface area (Å²) in [4.78, 5) is 14.6. The lowest BCUT2D eigenvalue weighted by Gasteiger charge is -2.31. The van der Waals surface area contributed by atoms with Gasteiger partial charge in [-0.05, 0) is 55.3 Å². The average molecular weight is 426 g/mol. The van der Waals surface area contributed by atoms with E-state index in [1.54, 1.807) is 36.1 Å². The molecule has 0 saturated carbocycles. The number of hydrogen-bond donors (Lipinski definition) is 0. The first-order valence-electron chi connectivity index (χ1n) is 8.91. The lowest BCUT2D eigenvalue weighted by molar-refractivity contribution is -0.140. The number of ether oxygens (including phenoxy) is 1. The predicted octanol–water partition coefficient (Wildman–Crippen LogP) is 3.46. The third kappa shape index (κ3) is 5.23. The number of carbonyl (C=O) groups excluding carboxylic acids is 1. The Bertz CT molecular complexity index is 932. The number of carbonyl (C=O) groups is 1. The Kier molecular flexibility index (Phi) is 6.25. The van der Waals surface area contributed by atoms with E-state index >= 15 is 0 Å². The van der Waals surface area contributed by atoms with Crippen LogP contribution in [0.3, 0.4) is 0 Å². The lowest BCUT2D eigenvalue weighted by atomic mass is 10.1. The number of halogens is 2. The molecule has 0 bridgehead atoms. The molecule has 5 nitrogen and oxygen atoms in total. The third-order valence-electron chi connectivity index (χ3n) is 4.67. The van der Waals surface area contributed by atoms with Gasteiger partial charge in [-0.3, -0.25) is 4.79 Å². The second kappa shape index (κ2) is 8.49. The van der Waals surface area contributed by atoms with Crippen LogP contribution in [0.1, 0.15) is 18.9 Å². The van der Waals surface area contributed by atoms with Gasteiger partial charge in [-0.25, -0.2) is 12.8 Å². The molecule has 1 aliphatic heterocycles. The SMILES string of the molecule is CC(Oc1ccc(F)cc1)C(=O)N(Cc1ccc(Cl)cc1)C1CCS(=O)(=O)C1. The summed E-state index contributed by atoms with van der Waals surface area (Å²) in [6, 6.07) is 12.0. The number of benzene rings is 2. The molecule has 0 spiro atoms. The minimum atomic E-state index is -3.16. The van der Waals surface area contributed by atoms with E-state index < -0.39 is 27.8 Å². The van der Waals surface area contributed by atoms with Crippen molar-refractivity contribution in [2.24, 2.45) is 0 Å². The van der Waals surface area contributed by atoms with Crippen molar-refractivity contribution in [1.82, 2.24) is 4.90 Å². The molecule has 0 aromatic heterocycles. The maximum Gasteiger partial charge on any atom is 0.263 e. The van der Waals surface area contributed by atoms with E-state index in [1.807, 2.05) is 0 Å². The molecule has 0 radical (unpaired) electrons. The van der Waals surface area contributed by atoms with Crippen LogP contribution in [0.5, 0.6) is 5.75 Å². The second-order valence-corrected chi connectivity index (χ2v) is 9.53. The Labute approximate surface area is 169 Å². The van der Waals surface area contributed by atoms with E-state index in [-0.39, 0.29) is 24.0 Å². The molecule has 1 saturated heterocycles. The zero-order chi connectivity index (χ0) is 20.3.